The molecule has 0 saturated carbocycles. The maximum absolute atomic E-state index is 12.0. The van der Waals surface area contributed by atoms with Gasteiger partial charge in [0.1, 0.15) is 0 Å². The maximum Gasteiger partial charge on any atom is 0.454 e. The Morgan fingerprint density at radius 3 is 2.62 bits per heavy atom. The van der Waals surface area contributed by atoms with Gasteiger partial charge in [-0.3, -0.25) is 4.79 Å². The van der Waals surface area contributed by atoms with Gasteiger partial charge in [-0.15, -0.1) is 0 Å². The third-order valence-corrected chi connectivity index (χ3v) is 1.90. The largest absolute Gasteiger partial charge is 0.454 e. The Hall–Kier alpha value is -1.34. The first-order chi connectivity index (χ1) is 7.34. The van der Waals surface area contributed by atoms with E-state index in [1.807, 2.05) is 0 Å². The minimum atomic E-state index is -4.90. The van der Waals surface area contributed by atoms with E-state index < -0.39 is 30.2 Å². The van der Waals surface area contributed by atoms with E-state index in [2.05, 4.69) is 0 Å². The van der Waals surface area contributed by atoms with Crippen molar-refractivity contribution in [2.45, 2.75) is 18.8 Å². The van der Waals surface area contributed by atoms with Gasteiger partial charge < -0.3 is 14.8 Å². The Balaban J connectivity index is 2.76. The molecule has 0 aliphatic carbocycles. The first-order valence-corrected chi connectivity index (χ1v) is 4.41. The minimum absolute atomic E-state index is 0.0678. The van der Waals surface area contributed by atoms with Crippen LogP contribution in [-0.2, 0) is 6.54 Å². The predicted molar refractivity (Wildman–Crippen MR) is 47.9 cm³/mol. The molecule has 1 heterocycles. The first-order valence-electron chi connectivity index (χ1n) is 4.41. The molecule has 1 unspecified atom stereocenters. The number of alkyl halides is 3. The monoisotopic (exact) mass is 237 g/mol. The molecule has 16 heavy (non-hydrogen) atoms. The lowest BCUT2D eigenvalue weighted by Gasteiger charge is -2.07. The molecule has 0 aliphatic heterocycles. The van der Waals surface area contributed by atoms with E-state index in [1.54, 1.807) is 0 Å². The number of rotatable bonds is 4. The van der Waals surface area contributed by atoms with E-state index in [9.17, 15) is 18.0 Å². The number of aromatic nitrogens is 1. The molecular formula is C9H10F3NO3. The summed E-state index contributed by atoms with van der Waals surface area (Å²) in [6.07, 6.45) is -3.75. The van der Waals surface area contributed by atoms with Crippen LogP contribution in [0.15, 0.2) is 18.5 Å². The average molecular weight is 237 g/mol. The number of nitrogens with zero attached hydrogens (tertiary/aromatic N) is 1. The Morgan fingerprint density at radius 2 is 2.12 bits per heavy atom. The van der Waals surface area contributed by atoms with Crippen molar-refractivity contribution in [1.29, 1.82) is 0 Å². The van der Waals surface area contributed by atoms with E-state index in [-0.39, 0.29) is 6.54 Å². The molecule has 2 N–H and O–H groups in total. The smallest absolute Gasteiger partial charge is 0.394 e. The van der Waals surface area contributed by atoms with E-state index >= 15 is 0 Å². The second kappa shape index (κ2) is 4.67. The van der Waals surface area contributed by atoms with E-state index in [1.165, 1.54) is 10.8 Å². The standard InChI is InChI=1S/C9H10F3NO3/c10-9(11,12)8(16)6-1-2-13(3-6)4-7(15)5-14/h1-3,7,14-15H,4-5H2. The molecule has 1 aromatic rings. The number of hydrogen-bond acceptors (Lipinski definition) is 3. The van der Waals surface area contributed by atoms with Crippen LogP contribution < -0.4 is 0 Å². The van der Waals surface area contributed by atoms with Gasteiger partial charge >= 0.3 is 6.18 Å². The molecule has 1 rings (SSSR count). The molecule has 1 aromatic heterocycles. The number of hydrogen-bond donors (Lipinski definition) is 2. The van der Waals surface area contributed by atoms with Crippen LogP contribution in [-0.4, -0.2) is 39.5 Å². The summed E-state index contributed by atoms with van der Waals surface area (Å²) in [6, 6.07) is 1.01. The number of ketones is 1. The molecule has 90 valence electrons. The predicted octanol–water partition coefficient (Wildman–Crippen LogP) is 0.586. The fraction of sp³-hybridized carbons (Fsp3) is 0.444. The number of Topliss-reactive ketones (excluding diaryl/α,β-unsaturated/α-hetero) is 1. The highest BCUT2D eigenvalue weighted by atomic mass is 19.4. The van der Waals surface area contributed by atoms with Crippen LogP contribution in [0.2, 0.25) is 0 Å². The van der Waals surface area contributed by atoms with Crippen molar-refractivity contribution in [2.24, 2.45) is 0 Å². The summed E-state index contributed by atoms with van der Waals surface area (Å²) in [7, 11) is 0. The number of carbonyl (C=O) groups excluding carboxylic acids is 1. The highest BCUT2D eigenvalue weighted by Gasteiger charge is 2.39. The third kappa shape index (κ3) is 3.07. The number of halogens is 3. The lowest BCUT2D eigenvalue weighted by atomic mass is 10.2. The Bertz CT molecular complexity index is 372. The van der Waals surface area contributed by atoms with E-state index in [0.29, 0.717) is 0 Å². The van der Waals surface area contributed by atoms with Crippen LogP contribution in [0.25, 0.3) is 0 Å². The Morgan fingerprint density at radius 1 is 1.50 bits per heavy atom. The number of aliphatic hydroxyl groups is 2. The lowest BCUT2D eigenvalue weighted by Crippen LogP contribution is -2.22. The molecule has 4 nitrogen and oxygen atoms in total. The van der Waals surface area contributed by atoms with Crippen LogP contribution in [0.1, 0.15) is 10.4 Å². The van der Waals surface area contributed by atoms with Gasteiger partial charge in [0, 0.05) is 18.0 Å². The van der Waals surface area contributed by atoms with Gasteiger partial charge in [0.2, 0.25) is 0 Å². The molecule has 0 saturated heterocycles. The minimum Gasteiger partial charge on any atom is -0.394 e. The van der Waals surface area contributed by atoms with Gasteiger partial charge in [0.15, 0.2) is 0 Å². The van der Waals surface area contributed by atoms with Gasteiger partial charge in [-0.25, -0.2) is 0 Å². The fourth-order valence-electron chi connectivity index (χ4n) is 1.15. The van der Waals surface area contributed by atoms with Crippen LogP contribution in [0.4, 0.5) is 13.2 Å². The van der Waals surface area contributed by atoms with Crippen LogP contribution in [0, 0.1) is 0 Å². The topological polar surface area (TPSA) is 62.5 Å². The van der Waals surface area contributed by atoms with Crippen molar-refractivity contribution in [3.8, 4) is 0 Å². The summed E-state index contributed by atoms with van der Waals surface area (Å²) in [6.45, 7) is -0.567. The zero-order valence-corrected chi connectivity index (χ0v) is 8.11. The normalized spacial score (nSPS) is 13.8. The summed E-state index contributed by atoms with van der Waals surface area (Å²) in [5.74, 6) is -1.93. The summed E-state index contributed by atoms with van der Waals surface area (Å²) >= 11 is 0. The van der Waals surface area contributed by atoms with Gasteiger partial charge in [-0.1, -0.05) is 0 Å². The summed E-state index contributed by atoms with van der Waals surface area (Å²) < 4.78 is 37.3. The molecule has 0 spiro atoms. The van der Waals surface area contributed by atoms with Crippen LogP contribution >= 0.6 is 0 Å². The van der Waals surface area contributed by atoms with Crippen molar-refractivity contribution < 1.29 is 28.2 Å². The molecule has 0 aromatic carbocycles. The third-order valence-electron chi connectivity index (χ3n) is 1.90. The molecule has 1 atom stereocenters. The summed E-state index contributed by atoms with van der Waals surface area (Å²) in [4.78, 5) is 10.8. The zero-order chi connectivity index (χ0) is 12.3. The quantitative estimate of drug-likeness (QED) is 0.753. The molecule has 7 heteroatoms. The van der Waals surface area contributed by atoms with E-state index in [0.717, 1.165) is 12.3 Å². The highest BCUT2D eigenvalue weighted by molar-refractivity contribution is 6.00. The summed E-state index contributed by atoms with van der Waals surface area (Å²) in [5, 5.41) is 17.6. The van der Waals surface area contributed by atoms with Gasteiger partial charge in [-0.2, -0.15) is 13.2 Å². The second-order valence-electron chi connectivity index (χ2n) is 3.26. The van der Waals surface area contributed by atoms with Crippen molar-refractivity contribution >= 4 is 5.78 Å². The SMILES string of the molecule is O=C(c1ccn(CC(O)CO)c1)C(F)(F)F. The van der Waals surface area contributed by atoms with Crippen LogP contribution in [0.5, 0.6) is 0 Å². The number of carbonyl (C=O) groups is 1. The Kier molecular flexibility index (Phi) is 3.71. The zero-order valence-electron chi connectivity index (χ0n) is 8.11. The van der Waals surface area contributed by atoms with Gasteiger partial charge in [-0.05, 0) is 6.07 Å². The molecular weight excluding hydrogens is 227 g/mol. The van der Waals surface area contributed by atoms with Crippen molar-refractivity contribution in [2.75, 3.05) is 6.61 Å². The molecule has 0 aliphatic rings. The van der Waals surface area contributed by atoms with Gasteiger partial charge in [0.05, 0.1) is 19.3 Å². The molecule has 0 fully saturated rings. The lowest BCUT2D eigenvalue weighted by molar-refractivity contribution is -0.0885. The van der Waals surface area contributed by atoms with Crippen molar-refractivity contribution in [3.05, 3.63) is 24.0 Å². The fourth-order valence-corrected chi connectivity index (χ4v) is 1.15. The molecule has 0 radical (unpaired) electrons. The van der Waals surface area contributed by atoms with E-state index in [4.69, 9.17) is 10.2 Å². The molecule has 0 amide bonds. The first kappa shape index (κ1) is 12.7. The van der Waals surface area contributed by atoms with Crippen molar-refractivity contribution in [3.63, 3.8) is 0 Å². The van der Waals surface area contributed by atoms with Crippen LogP contribution in [0.3, 0.4) is 0 Å². The summed E-state index contributed by atoms with van der Waals surface area (Å²) in [5.41, 5.74) is -0.488. The molecule has 0 bridgehead atoms. The second-order valence-corrected chi connectivity index (χ2v) is 3.26. The van der Waals surface area contributed by atoms with Crippen molar-refractivity contribution in [1.82, 2.24) is 4.57 Å². The Labute approximate surface area is 88.9 Å². The average Bonchev–Trinajstić information content (AvgIpc) is 2.63. The van der Waals surface area contributed by atoms with Gasteiger partial charge in [0.25, 0.3) is 5.78 Å². The highest BCUT2D eigenvalue weighted by Crippen LogP contribution is 2.21. The maximum atomic E-state index is 12.0. The number of aliphatic hydroxyl groups excluding tert-OH is 2.